The third kappa shape index (κ3) is 8.13. The number of H-pyrrole nitrogens is 2. The molecule has 15 nitrogen and oxygen atoms in total. The summed E-state index contributed by atoms with van der Waals surface area (Å²) in [6, 6.07) is 17.2. The summed E-state index contributed by atoms with van der Waals surface area (Å²) in [4.78, 5) is 72.2. The molecule has 16 heteroatoms. The van der Waals surface area contributed by atoms with Crippen LogP contribution in [0.25, 0.3) is 55.4 Å². The highest BCUT2D eigenvalue weighted by atomic mass is 28.3. The first kappa shape index (κ1) is 41.7. The molecule has 4 amide bonds. The van der Waals surface area contributed by atoms with Crippen LogP contribution in [0, 0.1) is 11.8 Å². The minimum absolute atomic E-state index is 0.120. The number of rotatable bonds is 11. The number of likely N-dealkylation sites (tertiary alicyclic amines) is 1. The van der Waals surface area contributed by atoms with Crippen LogP contribution in [0.4, 0.5) is 4.79 Å². The summed E-state index contributed by atoms with van der Waals surface area (Å²) in [5.74, 6) is 1.01. The zero-order valence-corrected chi connectivity index (χ0v) is 36.7. The average molecular weight is 847 g/mol. The van der Waals surface area contributed by atoms with Crippen molar-refractivity contribution in [2.24, 2.45) is 11.8 Å². The molecule has 2 aliphatic rings. The van der Waals surface area contributed by atoms with Crippen LogP contribution >= 0.6 is 0 Å². The molecule has 0 spiro atoms. The highest BCUT2D eigenvalue weighted by Crippen LogP contribution is 2.40. The molecule has 320 valence electrons. The molecule has 4 atom stereocenters. The number of nitrogens with zero attached hydrogens (tertiary/aromatic N) is 4. The van der Waals surface area contributed by atoms with Gasteiger partial charge in [-0.15, -0.1) is 0 Å². The first-order valence-corrected chi connectivity index (χ1v) is 24.4. The molecule has 0 bridgehead atoms. The largest absolute Gasteiger partial charge is 0.456 e. The van der Waals surface area contributed by atoms with E-state index in [1.54, 1.807) is 11.1 Å². The topological polar surface area (TPSA) is 199 Å². The number of amides is 4. The molecular weight excluding hydrogens is 793 g/mol. The summed E-state index contributed by atoms with van der Waals surface area (Å²) in [6.45, 7) is 12.0. The van der Waals surface area contributed by atoms with Crippen molar-refractivity contribution in [3.63, 3.8) is 0 Å². The van der Waals surface area contributed by atoms with E-state index >= 15 is 0 Å². The normalized spacial score (nSPS) is 18.7. The number of aromatic nitrogens is 4. The molecule has 3 aromatic heterocycles. The van der Waals surface area contributed by atoms with Gasteiger partial charge in [-0.05, 0) is 72.5 Å². The number of ether oxygens (including phenoxy) is 1. The van der Waals surface area contributed by atoms with E-state index in [4.69, 9.17) is 19.1 Å². The number of aromatic amines is 2. The number of benzene rings is 3. The first-order valence-electron chi connectivity index (χ1n) is 21.0. The molecule has 0 saturated carbocycles. The molecule has 8 rings (SSSR count). The lowest BCUT2D eigenvalue weighted by Gasteiger charge is -2.30. The van der Waals surface area contributed by atoms with Crippen LogP contribution in [0.1, 0.15) is 64.3 Å². The molecule has 2 saturated heterocycles. The first-order chi connectivity index (χ1) is 29.1. The lowest BCUT2D eigenvalue weighted by molar-refractivity contribution is -0.139. The van der Waals surface area contributed by atoms with Crippen LogP contribution in [0.2, 0.25) is 19.1 Å². The van der Waals surface area contributed by atoms with Crippen molar-refractivity contribution in [1.82, 2.24) is 40.4 Å². The number of alkyl carbamates (subject to hydrolysis) is 1. The molecule has 61 heavy (non-hydrogen) atoms. The molecular formula is C45H54N8O7Si. The SMILES string of the molecule is COC(=O)NC(C(=O)N1CCCC1c1ncc(-c2ccc3oc(-c4ccc5c(ccc6nc([C@@H]7C[Si](C)(C)CN7C(=O)C(NC(=O)CO)C(C)C)[nH]c65)c4)cc3c2)[nH]1)C(C)C. The Morgan fingerprint density at radius 2 is 1.61 bits per heavy atom. The van der Waals surface area contributed by atoms with E-state index in [1.165, 1.54) is 7.11 Å². The summed E-state index contributed by atoms with van der Waals surface area (Å²) >= 11 is 0. The van der Waals surface area contributed by atoms with Gasteiger partial charge < -0.3 is 44.7 Å². The van der Waals surface area contributed by atoms with Crippen LogP contribution in [0.5, 0.6) is 0 Å². The van der Waals surface area contributed by atoms with Gasteiger partial charge in [-0.1, -0.05) is 59.0 Å². The molecule has 2 aliphatic heterocycles. The minimum Gasteiger partial charge on any atom is -0.456 e. The second kappa shape index (κ2) is 16.5. The maximum Gasteiger partial charge on any atom is 0.407 e. The summed E-state index contributed by atoms with van der Waals surface area (Å²) < 4.78 is 11.1. The van der Waals surface area contributed by atoms with Gasteiger partial charge in [-0.3, -0.25) is 14.4 Å². The van der Waals surface area contributed by atoms with Crippen LogP contribution < -0.4 is 10.6 Å². The Bertz CT molecular complexity index is 2650. The lowest BCUT2D eigenvalue weighted by atomic mass is 10.0. The van der Waals surface area contributed by atoms with Gasteiger partial charge in [0.15, 0.2) is 0 Å². The fourth-order valence-corrected chi connectivity index (χ4v) is 11.9. The van der Waals surface area contributed by atoms with Gasteiger partial charge in [-0.2, -0.15) is 0 Å². The maximum atomic E-state index is 14.0. The van der Waals surface area contributed by atoms with Crippen molar-refractivity contribution in [3.8, 4) is 22.6 Å². The summed E-state index contributed by atoms with van der Waals surface area (Å²) in [6.07, 6.45) is 3.40. The van der Waals surface area contributed by atoms with E-state index in [0.717, 1.165) is 80.1 Å². The van der Waals surface area contributed by atoms with Gasteiger partial charge in [0.2, 0.25) is 17.7 Å². The van der Waals surface area contributed by atoms with Gasteiger partial charge >= 0.3 is 6.09 Å². The zero-order chi connectivity index (χ0) is 43.3. The van der Waals surface area contributed by atoms with Crippen LogP contribution in [-0.2, 0) is 19.1 Å². The third-order valence-corrected chi connectivity index (χ3v) is 14.8. The number of methoxy groups -OCH3 is 1. The second-order valence-corrected chi connectivity index (χ2v) is 23.0. The van der Waals surface area contributed by atoms with E-state index in [1.807, 2.05) is 62.9 Å². The summed E-state index contributed by atoms with van der Waals surface area (Å²) in [5, 5.41) is 17.7. The van der Waals surface area contributed by atoms with Gasteiger partial charge in [0.05, 0.1) is 50.2 Å². The number of imidazole rings is 2. The standard InChI is InChI=1S/C45H54N8O7Si/c1-24(2)38(49-37(55)21-54)44(57)53-23-61(6,7)22-34(53)42-47-31-14-11-26-17-28(10-13-30(26)40(31)50-42)36-19-29-18-27(12-15-35(29)60-36)32-20-46-41(48-32)33-9-8-16-52(33)43(56)39(25(3)4)51-45(58)59-5/h10-15,17-20,24-25,33-34,38-39,54H,8-9,16,21-23H2,1-7H3,(H,46,48)(H,47,50)(H,49,55)(H,51,58)/t33?,34-,38?,39?/m0/s1. The van der Waals surface area contributed by atoms with Crippen LogP contribution in [0.3, 0.4) is 0 Å². The number of nitrogens with one attached hydrogen (secondary N) is 4. The van der Waals surface area contributed by atoms with Gasteiger partial charge in [0.1, 0.15) is 41.7 Å². The lowest BCUT2D eigenvalue weighted by Crippen LogP contribution is -2.52. The predicted octanol–water partition coefficient (Wildman–Crippen LogP) is 6.83. The molecule has 6 aromatic rings. The van der Waals surface area contributed by atoms with Crippen molar-refractivity contribution in [2.45, 2.75) is 83.8 Å². The number of aliphatic hydroxyl groups excluding tert-OH is 1. The van der Waals surface area contributed by atoms with Gasteiger partial charge in [0.25, 0.3) is 0 Å². The number of aliphatic hydroxyl groups is 1. The average Bonchev–Trinajstić information content (AvgIpc) is 4.09. The molecule has 5 heterocycles. The molecule has 3 unspecified atom stereocenters. The van der Waals surface area contributed by atoms with Crippen molar-refractivity contribution < 1.29 is 33.4 Å². The highest BCUT2D eigenvalue weighted by molar-refractivity contribution is 6.78. The fraction of sp³-hybridized carbons (Fsp3) is 0.422. The number of fused-ring (bicyclic) bond motifs is 4. The highest BCUT2D eigenvalue weighted by Gasteiger charge is 2.46. The zero-order valence-electron chi connectivity index (χ0n) is 35.7. The Morgan fingerprint density at radius 3 is 2.34 bits per heavy atom. The van der Waals surface area contributed by atoms with E-state index in [2.05, 4.69) is 58.0 Å². The van der Waals surface area contributed by atoms with E-state index in [-0.39, 0.29) is 35.7 Å². The molecule has 0 radical (unpaired) electrons. The van der Waals surface area contributed by atoms with Crippen molar-refractivity contribution >= 4 is 64.7 Å². The Labute approximate surface area is 354 Å². The molecule has 5 N–H and O–H groups in total. The number of hydrogen-bond acceptors (Lipinski definition) is 9. The number of hydrogen-bond donors (Lipinski definition) is 5. The number of carbonyl (C=O) groups excluding carboxylic acids is 4. The maximum absolute atomic E-state index is 14.0. The fourth-order valence-electron chi connectivity index (χ4n) is 8.99. The number of carbonyl (C=O) groups is 4. The molecule has 0 aliphatic carbocycles. The smallest absolute Gasteiger partial charge is 0.407 e. The van der Waals surface area contributed by atoms with E-state index in [9.17, 15) is 24.3 Å². The minimum atomic E-state index is -1.81. The predicted molar refractivity (Wildman–Crippen MR) is 235 cm³/mol. The van der Waals surface area contributed by atoms with Crippen LogP contribution in [-0.4, -0.2) is 105 Å². The molecule has 3 aromatic carbocycles. The van der Waals surface area contributed by atoms with Crippen molar-refractivity contribution in [3.05, 3.63) is 72.4 Å². The number of furan rings is 1. The monoisotopic (exact) mass is 846 g/mol. The quantitative estimate of drug-likeness (QED) is 0.0868. The third-order valence-electron chi connectivity index (χ3n) is 12.2. The van der Waals surface area contributed by atoms with E-state index in [0.29, 0.717) is 18.5 Å². The Morgan fingerprint density at radius 1 is 0.885 bits per heavy atom. The van der Waals surface area contributed by atoms with Gasteiger partial charge in [0, 0.05) is 34.6 Å². The Kier molecular flexibility index (Phi) is 11.3. The Hall–Kier alpha value is -6.00. The Balaban J connectivity index is 1.03. The van der Waals surface area contributed by atoms with Crippen LogP contribution in [0.15, 0.2) is 65.2 Å². The van der Waals surface area contributed by atoms with E-state index < -0.39 is 38.8 Å². The van der Waals surface area contributed by atoms with Crippen molar-refractivity contribution in [1.29, 1.82) is 0 Å². The molecule has 2 fully saturated rings. The summed E-state index contributed by atoms with van der Waals surface area (Å²) in [5.41, 5.74) is 5.12. The summed E-state index contributed by atoms with van der Waals surface area (Å²) in [7, 11) is -0.521. The second-order valence-electron chi connectivity index (χ2n) is 17.9. The van der Waals surface area contributed by atoms with Crippen molar-refractivity contribution in [2.75, 3.05) is 26.4 Å². The van der Waals surface area contributed by atoms with Gasteiger partial charge in [-0.25, -0.2) is 14.8 Å².